The second-order valence-electron chi connectivity index (χ2n) is 9.68. The van der Waals surface area contributed by atoms with E-state index >= 15 is 0 Å². The lowest BCUT2D eigenvalue weighted by Crippen LogP contribution is -2.55. The first-order chi connectivity index (χ1) is 19.0. The maximum atomic E-state index is 13.4. The molecule has 1 heterocycles. The summed E-state index contributed by atoms with van der Waals surface area (Å²) in [5.74, 6) is -2.16. The molecule has 14 nitrogen and oxygen atoms in total. The van der Waals surface area contributed by atoms with Crippen LogP contribution in [0.1, 0.15) is 52.9 Å². The van der Waals surface area contributed by atoms with Crippen LogP contribution in [-0.2, 0) is 33.4 Å². The van der Waals surface area contributed by atoms with Gasteiger partial charge in [0.2, 0.25) is 17.7 Å². The monoisotopic (exact) mass is 569 g/mol. The van der Waals surface area contributed by atoms with Crippen LogP contribution in [0.25, 0.3) is 0 Å². The number of hydrogen-bond donors (Lipinski definition) is 5. The highest BCUT2D eigenvalue weighted by Crippen LogP contribution is 2.17. The Bertz CT molecular complexity index is 909. The second-order valence-corrected chi connectivity index (χ2v) is 9.68. The number of nitrogens with one attached hydrogen (secondary N) is 5. The van der Waals surface area contributed by atoms with Gasteiger partial charge in [-0.15, -0.1) is 0 Å². The average Bonchev–Trinajstić information content (AvgIpc) is 3.31. The van der Waals surface area contributed by atoms with Crippen molar-refractivity contribution in [1.29, 1.82) is 0 Å². The van der Waals surface area contributed by atoms with E-state index in [0.29, 0.717) is 19.4 Å². The van der Waals surface area contributed by atoms with Crippen LogP contribution < -0.4 is 26.6 Å². The first-order valence-corrected chi connectivity index (χ1v) is 13.4. The number of hydrogen-bond acceptors (Lipinski definition) is 9. The summed E-state index contributed by atoms with van der Waals surface area (Å²) in [4.78, 5) is 73.7. The van der Waals surface area contributed by atoms with Gasteiger partial charge in [0.15, 0.2) is 0 Å². The minimum Gasteiger partial charge on any atom is -0.463 e. The third-order valence-corrected chi connectivity index (χ3v) is 6.04. The van der Waals surface area contributed by atoms with Crippen LogP contribution in [0.5, 0.6) is 0 Å². The van der Waals surface area contributed by atoms with E-state index in [2.05, 4.69) is 36.1 Å². The molecular formula is C26H43N5O9. The standard InChI is InChI=1S/C26H43N5O9/c1-6-40-21(32)10-9-18(15-17-11-13-27-22(17)33)29-24(35)20(14-16(2)3)30-23(34)19(31-26(37)39-5)8-7-12-28-25(36)38-4/h9-10,16-20H,6-8,11-15H2,1-5H3,(H,27,33)(H,28,36)(H,29,35)(H,30,34)(H,31,37)/t17-,18+,19-,20-/m0/s1. The van der Waals surface area contributed by atoms with Gasteiger partial charge in [0.05, 0.1) is 20.8 Å². The molecule has 0 unspecified atom stereocenters. The Morgan fingerprint density at radius 2 is 1.68 bits per heavy atom. The molecule has 226 valence electrons. The SMILES string of the molecule is CCOC(=O)C=C[C@H](C[C@@H]1CCNC1=O)NC(=O)[C@H](CC(C)C)NC(=O)[C@H](CCCNC(=O)OC)NC(=O)OC. The first kappa shape index (κ1) is 34.2. The Hall–Kier alpha value is -3.84. The molecular weight excluding hydrogens is 526 g/mol. The maximum Gasteiger partial charge on any atom is 0.407 e. The molecule has 1 aliphatic rings. The smallest absolute Gasteiger partial charge is 0.407 e. The van der Waals surface area contributed by atoms with Gasteiger partial charge in [-0.2, -0.15) is 0 Å². The Morgan fingerprint density at radius 1 is 1.00 bits per heavy atom. The van der Waals surface area contributed by atoms with Crippen LogP contribution in [-0.4, -0.2) is 87.9 Å². The van der Waals surface area contributed by atoms with Gasteiger partial charge in [0, 0.05) is 31.1 Å². The fraction of sp³-hybridized carbons (Fsp3) is 0.692. The van der Waals surface area contributed by atoms with E-state index in [0.717, 1.165) is 7.11 Å². The van der Waals surface area contributed by atoms with Crippen molar-refractivity contribution >= 4 is 35.9 Å². The zero-order valence-electron chi connectivity index (χ0n) is 23.9. The van der Waals surface area contributed by atoms with Crippen LogP contribution in [0, 0.1) is 11.8 Å². The van der Waals surface area contributed by atoms with E-state index in [1.807, 2.05) is 13.8 Å². The number of alkyl carbamates (subject to hydrolysis) is 2. The molecule has 1 saturated heterocycles. The lowest BCUT2D eigenvalue weighted by molar-refractivity contribution is -0.137. The molecule has 1 fully saturated rings. The van der Waals surface area contributed by atoms with Crippen molar-refractivity contribution in [3.8, 4) is 0 Å². The summed E-state index contributed by atoms with van der Waals surface area (Å²) in [6, 6.07) is -2.69. The Balaban J connectivity index is 3.01. The lowest BCUT2D eigenvalue weighted by atomic mass is 9.96. The van der Waals surface area contributed by atoms with Gasteiger partial charge in [0.25, 0.3) is 0 Å². The molecule has 0 saturated carbocycles. The van der Waals surface area contributed by atoms with Crippen LogP contribution in [0.3, 0.4) is 0 Å². The van der Waals surface area contributed by atoms with E-state index in [-0.39, 0.29) is 50.2 Å². The fourth-order valence-electron chi connectivity index (χ4n) is 4.04. The number of ether oxygens (including phenoxy) is 3. The predicted molar refractivity (Wildman–Crippen MR) is 144 cm³/mol. The minimum absolute atomic E-state index is 0.0152. The highest BCUT2D eigenvalue weighted by Gasteiger charge is 2.31. The predicted octanol–water partition coefficient (Wildman–Crippen LogP) is 0.508. The molecule has 0 aromatic carbocycles. The molecule has 0 bridgehead atoms. The molecule has 5 N–H and O–H groups in total. The van der Waals surface area contributed by atoms with Gasteiger partial charge < -0.3 is 40.8 Å². The summed E-state index contributed by atoms with van der Waals surface area (Å²) in [5.41, 5.74) is 0. The molecule has 0 spiro atoms. The third kappa shape index (κ3) is 13.3. The summed E-state index contributed by atoms with van der Waals surface area (Å²) in [6.45, 7) is 6.35. The largest absolute Gasteiger partial charge is 0.463 e. The van der Waals surface area contributed by atoms with Crippen molar-refractivity contribution in [3.63, 3.8) is 0 Å². The molecule has 0 aromatic rings. The van der Waals surface area contributed by atoms with E-state index in [4.69, 9.17) is 4.74 Å². The van der Waals surface area contributed by atoms with Crippen molar-refractivity contribution in [2.24, 2.45) is 11.8 Å². The second kappa shape index (κ2) is 18.4. The minimum atomic E-state index is -1.05. The fourth-order valence-corrected chi connectivity index (χ4v) is 4.04. The molecule has 14 heteroatoms. The number of carbonyl (C=O) groups excluding carboxylic acids is 6. The van der Waals surface area contributed by atoms with Gasteiger partial charge in [-0.3, -0.25) is 14.4 Å². The number of amides is 5. The van der Waals surface area contributed by atoms with Crippen LogP contribution in [0.2, 0.25) is 0 Å². The molecule has 0 aliphatic carbocycles. The summed E-state index contributed by atoms with van der Waals surface area (Å²) in [7, 11) is 2.39. The van der Waals surface area contributed by atoms with Gasteiger partial charge in [-0.25, -0.2) is 14.4 Å². The summed E-state index contributed by atoms with van der Waals surface area (Å²) < 4.78 is 14.0. The van der Waals surface area contributed by atoms with Crippen LogP contribution in [0.15, 0.2) is 12.2 Å². The van der Waals surface area contributed by atoms with Gasteiger partial charge in [-0.1, -0.05) is 19.9 Å². The highest BCUT2D eigenvalue weighted by atomic mass is 16.5. The van der Waals surface area contributed by atoms with Gasteiger partial charge in [0.1, 0.15) is 12.1 Å². The molecule has 0 aromatic heterocycles. The van der Waals surface area contributed by atoms with Crippen molar-refractivity contribution in [2.45, 2.75) is 71.0 Å². The maximum absolute atomic E-state index is 13.4. The Kier molecular flexibility index (Phi) is 15.8. The summed E-state index contributed by atoms with van der Waals surface area (Å²) >= 11 is 0. The zero-order chi connectivity index (χ0) is 30.1. The van der Waals surface area contributed by atoms with Crippen LogP contribution in [0.4, 0.5) is 9.59 Å². The normalized spacial score (nSPS) is 16.9. The van der Waals surface area contributed by atoms with Crippen molar-refractivity contribution < 1.29 is 43.0 Å². The third-order valence-electron chi connectivity index (χ3n) is 6.04. The molecule has 0 radical (unpaired) electrons. The molecule has 5 amide bonds. The molecule has 1 rings (SSSR count). The number of carbonyl (C=O) groups is 6. The van der Waals surface area contributed by atoms with E-state index in [9.17, 15) is 28.8 Å². The summed E-state index contributed by atoms with van der Waals surface area (Å²) in [5, 5.41) is 13.2. The Labute approximate surface area is 234 Å². The van der Waals surface area contributed by atoms with Gasteiger partial charge in [-0.05, 0) is 44.9 Å². The average molecular weight is 570 g/mol. The van der Waals surface area contributed by atoms with Crippen molar-refractivity contribution in [2.75, 3.05) is 33.9 Å². The molecule has 4 atom stereocenters. The van der Waals surface area contributed by atoms with Crippen molar-refractivity contribution in [1.82, 2.24) is 26.6 Å². The van der Waals surface area contributed by atoms with Crippen molar-refractivity contribution in [3.05, 3.63) is 12.2 Å². The topological polar surface area (TPSA) is 190 Å². The number of methoxy groups -OCH3 is 2. The quantitative estimate of drug-likeness (QED) is 0.0763. The molecule has 1 aliphatic heterocycles. The van der Waals surface area contributed by atoms with E-state index in [1.165, 1.54) is 19.3 Å². The zero-order valence-corrected chi connectivity index (χ0v) is 23.9. The number of esters is 1. The first-order valence-electron chi connectivity index (χ1n) is 13.4. The van der Waals surface area contributed by atoms with E-state index in [1.54, 1.807) is 6.92 Å². The Morgan fingerprint density at radius 3 is 2.25 bits per heavy atom. The lowest BCUT2D eigenvalue weighted by Gasteiger charge is -2.26. The highest BCUT2D eigenvalue weighted by molar-refractivity contribution is 5.91. The van der Waals surface area contributed by atoms with Gasteiger partial charge >= 0.3 is 18.2 Å². The summed E-state index contributed by atoms with van der Waals surface area (Å²) in [6.07, 6.45) is 2.82. The van der Waals surface area contributed by atoms with Crippen LogP contribution >= 0.6 is 0 Å². The van der Waals surface area contributed by atoms with E-state index < -0.39 is 48.1 Å². The molecule has 40 heavy (non-hydrogen) atoms. The number of rotatable bonds is 16.